The summed E-state index contributed by atoms with van der Waals surface area (Å²) in [5.74, 6) is 0.832. The minimum atomic E-state index is 0.0872. The van der Waals surface area contributed by atoms with Crippen molar-refractivity contribution in [1.29, 1.82) is 0 Å². The molecule has 1 aromatic heterocycles. The number of rotatable bonds is 1. The molecule has 0 fully saturated rings. The number of ketones is 1. The molecule has 1 aliphatic carbocycles. The van der Waals surface area contributed by atoms with E-state index in [0.717, 1.165) is 18.5 Å². The summed E-state index contributed by atoms with van der Waals surface area (Å²) in [4.78, 5) is 19.1. The number of Topliss-reactive ketones (excluding diaryl/α,β-unsaturated/α-hetero) is 1. The molecule has 0 saturated heterocycles. The second kappa shape index (κ2) is 3.73. The number of carbonyl (C=O) groups excluding carboxylic acids is 1. The van der Waals surface area contributed by atoms with Crippen molar-refractivity contribution in [1.82, 2.24) is 9.97 Å². The first kappa shape index (κ1) is 10.1. The van der Waals surface area contributed by atoms with Crippen molar-refractivity contribution in [2.45, 2.75) is 19.3 Å². The number of phenols is 1. The van der Waals surface area contributed by atoms with Crippen LogP contribution < -0.4 is 0 Å². The number of hydrogen-bond donors (Lipinski definition) is 2. The minimum absolute atomic E-state index is 0.0872. The largest absolute Gasteiger partial charge is 0.507 e. The second-order valence-corrected chi connectivity index (χ2v) is 4.21. The number of imidazole rings is 1. The van der Waals surface area contributed by atoms with Gasteiger partial charge in [-0.15, -0.1) is 0 Å². The summed E-state index contributed by atoms with van der Waals surface area (Å²) < 4.78 is 0. The molecule has 0 spiro atoms. The van der Waals surface area contributed by atoms with Crippen LogP contribution >= 0.6 is 0 Å². The molecule has 0 amide bonds. The lowest BCUT2D eigenvalue weighted by atomic mass is 10.0. The number of H-pyrrole nitrogens is 1. The second-order valence-electron chi connectivity index (χ2n) is 4.21. The smallest absolute Gasteiger partial charge is 0.183 e. The van der Waals surface area contributed by atoms with Gasteiger partial charge in [0.15, 0.2) is 5.78 Å². The maximum absolute atomic E-state index is 11.7. The van der Waals surface area contributed by atoms with Crippen LogP contribution in [0.3, 0.4) is 0 Å². The molecule has 17 heavy (non-hydrogen) atoms. The van der Waals surface area contributed by atoms with Crippen LogP contribution in [-0.4, -0.2) is 20.9 Å². The number of nitrogens with zero attached hydrogens (tertiary/aromatic N) is 1. The number of aromatic nitrogens is 2. The fourth-order valence-corrected chi connectivity index (χ4v) is 2.17. The number of hydrogen-bond acceptors (Lipinski definition) is 3. The zero-order valence-corrected chi connectivity index (χ0v) is 9.23. The molecule has 0 unspecified atom stereocenters. The highest BCUT2D eigenvalue weighted by Gasteiger charge is 2.22. The van der Waals surface area contributed by atoms with Crippen molar-refractivity contribution in [2.24, 2.45) is 0 Å². The summed E-state index contributed by atoms with van der Waals surface area (Å²) in [5, 5.41) is 9.75. The molecule has 0 aliphatic heterocycles. The molecule has 1 aromatic carbocycles. The number of phenolic OH excluding ortho intramolecular Hbond substituents is 1. The molecule has 0 atom stereocenters. The van der Waals surface area contributed by atoms with Gasteiger partial charge >= 0.3 is 0 Å². The summed E-state index contributed by atoms with van der Waals surface area (Å²) >= 11 is 0. The Labute approximate surface area is 98.3 Å². The van der Waals surface area contributed by atoms with Crippen LogP contribution in [0.15, 0.2) is 24.3 Å². The van der Waals surface area contributed by atoms with Gasteiger partial charge < -0.3 is 10.1 Å². The summed E-state index contributed by atoms with van der Waals surface area (Å²) in [7, 11) is 0. The summed E-state index contributed by atoms with van der Waals surface area (Å²) in [6, 6.07) is 6.98. The summed E-state index contributed by atoms with van der Waals surface area (Å²) in [6.07, 6.45) is 2.29. The number of nitrogens with one attached hydrogen (secondary N) is 1. The van der Waals surface area contributed by atoms with E-state index in [2.05, 4.69) is 9.97 Å². The predicted octanol–water partition coefficient (Wildman–Crippen LogP) is 2.30. The Kier molecular flexibility index (Phi) is 2.21. The van der Waals surface area contributed by atoms with Gasteiger partial charge in [0.1, 0.15) is 17.3 Å². The van der Waals surface area contributed by atoms with Gasteiger partial charge in [0.2, 0.25) is 0 Å². The van der Waals surface area contributed by atoms with Crippen molar-refractivity contribution in [3.63, 3.8) is 0 Å². The first-order valence-electron chi connectivity index (χ1n) is 5.66. The predicted molar refractivity (Wildman–Crippen MR) is 63.0 cm³/mol. The molecule has 0 saturated carbocycles. The van der Waals surface area contributed by atoms with E-state index in [1.807, 2.05) is 6.07 Å². The lowest BCUT2D eigenvalue weighted by Crippen LogP contribution is -2.09. The Morgan fingerprint density at radius 1 is 1.24 bits per heavy atom. The van der Waals surface area contributed by atoms with Gasteiger partial charge in [-0.3, -0.25) is 4.79 Å². The zero-order chi connectivity index (χ0) is 11.8. The SMILES string of the molecule is O=C1CCCc2[nH]c(-c3ccccc3O)nc21. The third-order valence-corrected chi connectivity index (χ3v) is 3.03. The van der Waals surface area contributed by atoms with E-state index in [4.69, 9.17) is 0 Å². The van der Waals surface area contributed by atoms with E-state index >= 15 is 0 Å². The fourth-order valence-electron chi connectivity index (χ4n) is 2.17. The van der Waals surface area contributed by atoms with Gasteiger partial charge in [-0.05, 0) is 25.0 Å². The molecule has 0 radical (unpaired) electrons. The van der Waals surface area contributed by atoms with Crippen molar-refractivity contribution in [3.8, 4) is 17.1 Å². The van der Waals surface area contributed by atoms with Gasteiger partial charge in [-0.1, -0.05) is 12.1 Å². The molecular formula is C13H12N2O2. The van der Waals surface area contributed by atoms with Gasteiger partial charge in [-0.25, -0.2) is 4.98 Å². The van der Waals surface area contributed by atoms with Crippen LogP contribution in [0, 0.1) is 0 Å². The summed E-state index contributed by atoms with van der Waals surface area (Å²) in [6.45, 7) is 0. The van der Waals surface area contributed by atoms with Crippen molar-refractivity contribution in [3.05, 3.63) is 35.7 Å². The number of para-hydroxylation sites is 1. The van der Waals surface area contributed by atoms with E-state index in [9.17, 15) is 9.90 Å². The summed E-state index contributed by atoms with van der Waals surface area (Å²) in [5.41, 5.74) is 2.06. The molecule has 3 rings (SSSR count). The molecule has 86 valence electrons. The van der Waals surface area contributed by atoms with Gasteiger partial charge in [-0.2, -0.15) is 0 Å². The molecule has 1 aliphatic rings. The minimum Gasteiger partial charge on any atom is -0.507 e. The number of benzene rings is 1. The van der Waals surface area contributed by atoms with Gasteiger partial charge in [0.25, 0.3) is 0 Å². The molecule has 2 aromatic rings. The van der Waals surface area contributed by atoms with E-state index in [0.29, 0.717) is 23.5 Å². The highest BCUT2D eigenvalue weighted by atomic mass is 16.3. The average Bonchev–Trinajstić information content (AvgIpc) is 2.75. The number of fused-ring (bicyclic) bond motifs is 1. The molecule has 1 heterocycles. The number of aromatic hydroxyl groups is 1. The normalized spacial score (nSPS) is 14.7. The van der Waals surface area contributed by atoms with E-state index in [1.54, 1.807) is 18.2 Å². The number of carbonyl (C=O) groups is 1. The molecule has 2 N–H and O–H groups in total. The molecule has 4 nitrogen and oxygen atoms in total. The monoisotopic (exact) mass is 228 g/mol. The third-order valence-electron chi connectivity index (χ3n) is 3.03. The standard InChI is InChI=1S/C13H12N2O2/c16-10-6-2-1-4-8(10)13-14-9-5-3-7-11(17)12(9)15-13/h1-2,4,6,16H,3,5,7H2,(H,14,15). The lowest BCUT2D eigenvalue weighted by molar-refractivity contribution is 0.0968. The average molecular weight is 228 g/mol. The fraction of sp³-hybridized carbons (Fsp3) is 0.231. The maximum atomic E-state index is 11.7. The Balaban J connectivity index is 2.11. The van der Waals surface area contributed by atoms with Crippen molar-refractivity contribution < 1.29 is 9.90 Å². The van der Waals surface area contributed by atoms with Crippen LogP contribution in [-0.2, 0) is 6.42 Å². The van der Waals surface area contributed by atoms with E-state index in [-0.39, 0.29) is 11.5 Å². The third kappa shape index (κ3) is 1.62. The lowest BCUT2D eigenvalue weighted by Gasteiger charge is -2.06. The number of aryl methyl sites for hydroxylation is 1. The highest BCUT2D eigenvalue weighted by molar-refractivity contribution is 5.97. The van der Waals surface area contributed by atoms with Gasteiger partial charge in [0.05, 0.1) is 5.56 Å². The van der Waals surface area contributed by atoms with Crippen LogP contribution in [0.1, 0.15) is 29.0 Å². The zero-order valence-electron chi connectivity index (χ0n) is 9.23. The highest BCUT2D eigenvalue weighted by Crippen LogP contribution is 2.29. The molecule has 0 bridgehead atoms. The molecule has 4 heteroatoms. The van der Waals surface area contributed by atoms with E-state index < -0.39 is 0 Å². The van der Waals surface area contributed by atoms with Crippen molar-refractivity contribution in [2.75, 3.05) is 0 Å². The maximum Gasteiger partial charge on any atom is 0.183 e. The number of aromatic amines is 1. The quantitative estimate of drug-likeness (QED) is 0.787. The van der Waals surface area contributed by atoms with Crippen LogP contribution in [0.25, 0.3) is 11.4 Å². The Morgan fingerprint density at radius 3 is 2.82 bits per heavy atom. The Morgan fingerprint density at radius 2 is 2.06 bits per heavy atom. The first-order valence-corrected chi connectivity index (χ1v) is 5.66. The topological polar surface area (TPSA) is 66.0 Å². The van der Waals surface area contributed by atoms with Crippen LogP contribution in [0.4, 0.5) is 0 Å². The van der Waals surface area contributed by atoms with Crippen molar-refractivity contribution >= 4 is 5.78 Å². The van der Waals surface area contributed by atoms with E-state index in [1.165, 1.54) is 0 Å². The Hall–Kier alpha value is -2.10. The first-order chi connectivity index (χ1) is 8.25. The van der Waals surface area contributed by atoms with Crippen LogP contribution in [0.2, 0.25) is 0 Å². The Bertz CT molecular complexity index is 587. The molecular weight excluding hydrogens is 216 g/mol. The van der Waals surface area contributed by atoms with Crippen LogP contribution in [0.5, 0.6) is 5.75 Å². The van der Waals surface area contributed by atoms with Gasteiger partial charge in [0, 0.05) is 12.1 Å².